The van der Waals surface area contributed by atoms with Crippen LogP contribution in [0.5, 0.6) is 0 Å². The lowest BCUT2D eigenvalue weighted by atomic mass is 9.92. The second kappa shape index (κ2) is 10.6. The number of hydrogen-bond donors (Lipinski definition) is 2. The van der Waals surface area contributed by atoms with Crippen LogP contribution < -0.4 is 10.6 Å². The van der Waals surface area contributed by atoms with Gasteiger partial charge in [0, 0.05) is 29.1 Å². The Labute approximate surface area is 167 Å². The second-order valence-corrected chi connectivity index (χ2v) is 9.73. The molecule has 0 bridgehead atoms. The van der Waals surface area contributed by atoms with Crippen molar-refractivity contribution in [2.45, 2.75) is 45.6 Å². The molecule has 0 saturated carbocycles. The van der Waals surface area contributed by atoms with Crippen molar-refractivity contribution in [3.8, 4) is 0 Å². The van der Waals surface area contributed by atoms with E-state index in [1.54, 1.807) is 11.3 Å². The Morgan fingerprint density at radius 3 is 2.58 bits per heavy atom. The molecule has 0 amide bonds. The van der Waals surface area contributed by atoms with Crippen LogP contribution in [-0.2, 0) is 15.3 Å². The number of nitrogens with one attached hydrogen (secondary N) is 2. The zero-order chi connectivity index (χ0) is 17.5. The third-order valence-electron chi connectivity index (χ3n) is 3.47. The lowest BCUT2D eigenvalue weighted by Gasteiger charge is -2.23. The van der Waals surface area contributed by atoms with Gasteiger partial charge in [0.15, 0.2) is 5.96 Å². The van der Waals surface area contributed by atoms with Gasteiger partial charge in [-0.2, -0.15) is 0 Å². The Balaban J connectivity index is 0.00000529. The SMILES string of the molecule is CCNC(=NCC(C)(C)c1cccs1)NC(C)CCS(C)(=O)=O.I. The molecule has 0 aliphatic carbocycles. The van der Waals surface area contributed by atoms with E-state index in [9.17, 15) is 8.42 Å². The van der Waals surface area contributed by atoms with Crippen LogP contribution >= 0.6 is 35.3 Å². The highest BCUT2D eigenvalue weighted by Gasteiger charge is 2.21. The van der Waals surface area contributed by atoms with Crippen LogP contribution in [0.4, 0.5) is 0 Å². The smallest absolute Gasteiger partial charge is 0.191 e. The standard InChI is InChI=1S/C16H29N3O2S2.HI/c1-6-17-15(19-13(2)9-11-23(5,20)21)18-12-16(3,4)14-8-7-10-22-14;/h7-8,10,13H,6,9,11-12H2,1-5H3,(H2,17,18,19);1H. The minimum Gasteiger partial charge on any atom is -0.357 e. The number of guanidine groups is 1. The van der Waals surface area contributed by atoms with Crippen LogP contribution in [0.15, 0.2) is 22.5 Å². The first-order chi connectivity index (χ1) is 10.6. The molecular weight excluding hydrogens is 457 g/mol. The van der Waals surface area contributed by atoms with Crippen molar-refractivity contribution in [2.75, 3.05) is 25.1 Å². The predicted molar refractivity (Wildman–Crippen MR) is 116 cm³/mol. The number of halogens is 1. The summed E-state index contributed by atoms with van der Waals surface area (Å²) in [4.78, 5) is 5.98. The zero-order valence-corrected chi connectivity index (χ0v) is 19.1. The van der Waals surface area contributed by atoms with Crippen LogP contribution in [0, 0.1) is 0 Å². The van der Waals surface area contributed by atoms with Gasteiger partial charge in [-0.15, -0.1) is 35.3 Å². The maximum absolute atomic E-state index is 11.3. The van der Waals surface area contributed by atoms with Crippen LogP contribution in [0.2, 0.25) is 0 Å². The number of rotatable bonds is 8. The van der Waals surface area contributed by atoms with E-state index in [1.807, 2.05) is 13.8 Å². The highest BCUT2D eigenvalue weighted by atomic mass is 127. The molecule has 2 N–H and O–H groups in total. The van der Waals surface area contributed by atoms with Crippen molar-refractivity contribution in [2.24, 2.45) is 4.99 Å². The number of nitrogens with zero attached hydrogens (tertiary/aromatic N) is 1. The summed E-state index contributed by atoms with van der Waals surface area (Å²) in [5.74, 6) is 0.916. The van der Waals surface area contributed by atoms with E-state index >= 15 is 0 Å². The lowest BCUT2D eigenvalue weighted by Crippen LogP contribution is -2.43. The fraction of sp³-hybridized carbons (Fsp3) is 0.688. The minimum atomic E-state index is -2.93. The molecule has 1 aromatic rings. The fourth-order valence-corrected chi connectivity index (χ4v) is 3.66. The van der Waals surface area contributed by atoms with Gasteiger partial charge in [-0.05, 0) is 31.7 Å². The number of hydrogen-bond acceptors (Lipinski definition) is 4. The van der Waals surface area contributed by atoms with Gasteiger partial charge in [-0.3, -0.25) is 4.99 Å². The second-order valence-electron chi connectivity index (χ2n) is 6.52. The molecule has 0 spiro atoms. The summed E-state index contributed by atoms with van der Waals surface area (Å²) in [5, 5.41) is 8.59. The quantitative estimate of drug-likeness (QED) is 0.336. The van der Waals surface area contributed by atoms with E-state index in [0.29, 0.717) is 13.0 Å². The molecule has 0 saturated heterocycles. The van der Waals surface area contributed by atoms with Gasteiger partial charge < -0.3 is 10.6 Å². The van der Waals surface area contributed by atoms with Crippen molar-refractivity contribution >= 4 is 51.1 Å². The number of aliphatic imine (C=N–C) groups is 1. The Morgan fingerprint density at radius 2 is 2.08 bits per heavy atom. The summed E-state index contributed by atoms with van der Waals surface area (Å²) in [6.07, 6.45) is 1.83. The summed E-state index contributed by atoms with van der Waals surface area (Å²) < 4.78 is 22.5. The van der Waals surface area contributed by atoms with Gasteiger partial charge in [0.2, 0.25) is 0 Å². The van der Waals surface area contributed by atoms with E-state index < -0.39 is 9.84 Å². The topological polar surface area (TPSA) is 70.6 Å². The molecule has 24 heavy (non-hydrogen) atoms. The molecule has 1 unspecified atom stereocenters. The molecule has 0 radical (unpaired) electrons. The molecular formula is C16H30IN3O2S2. The first kappa shape index (κ1) is 23.6. The summed E-state index contributed by atoms with van der Waals surface area (Å²) >= 11 is 1.74. The molecule has 140 valence electrons. The third kappa shape index (κ3) is 9.22. The van der Waals surface area contributed by atoms with E-state index in [0.717, 1.165) is 12.5 Å². The maximum atomic E-state index is 11.3. The lowest BCUT2D eigenvalue weighted by molar-refractivity contribution is 0.543. The molecule has 8 heteroatoms. The van der Waals surface area contributed by atoms with E-state index in [-0.39, 0.29) is 41.2 Å². The van der Waals surface area contributed by atoms with E-state index in [2.05, 4.69) is 47.0 Å². The number of sulfone groups is 1. The van der Waals surface area contributed by atoms with Crippen molar-refractivity contribution in [3.63, 3.8) is 0 Å². The summed E-state index contributed by atoms with van der Waals surface area (Å²) in [6.45, 7) is 9.79. The molecule has 1 atom stereocenters. The zero-order valence-electron chi connectivity index (χ0n) is 15.1. The van der Waals surface area contributed by atoms with Crippen LogP contribution in [-0.4, -0.2) is 45.5 Å². The third-order valence-corrected chi connectivity index (χ3v) is 5.68. The highest BCUT2D eigenvalue weighted by molar-refractivity contribution is 14.0. The van der Waals surface area contributed by atoms with Crippen molar-refractivity contribution < 1.29 is 8.42 Å². The summed E-state index contributed by atoms with van der Waals surface area (Å²) in [5.41, 5.74) is -0.0213. The van der Waals surface area contributed by atoms with Crippen LogP contribution in [0.1, 0.15) is 39.0 Å². The van der Waals surface area contributed by atoms with Gasteiger partial charge in [0.05, 0.1) is 12.3 Å². The molecule has 1 rings (SSSR count). The van der Waals surface area contributed by atoms with Crippen molar-refractivity contribution in [1.82, 2.24) is 10.6 Å². The Bertz CT molecular complexity index is 599. The van der Waals surface area contributed by atoms with Gasteiger partial charge in [0.25, 0.3) is 0 Å². The molecule has 0 aliphatic heterocycles. The summed E-state index contributed by atoms with van der Waals surface area (Å²) in [7, 11) is -2.93. The Hall–Kier alpha value is -0.350. The highest BCUT2D eigenvalue weighted by Crippen LogP contribution is 2.27. The first-order valence-corrected chi connectivity index (χ1v) is 10.8. The summed E-state index contributed by atoms with van der Waals surface area (Å²) in [6, 6.07) is 4.24. The molecule has 5 nitrogen and oxygen atoms in total. The molecule has 1 heterocycles. The predicted octanol–water partition coefficient (Wildman–Crippen LogP) is 3.02. The largest absolute Gasteiger partial charge is 0.357 e. The Kier molecular flexibility index (Phi) is 10.4. The first-order valence-electron chi connectivity index (χ1n) is 7.90. The van der Waals surface area contributed by atoms with Gasteiger partial charge >= 0.3 is 0 Å². The molecule has 0 fully saturated rings. The number of thiophene rings is 1. The molecule has 1 aromatic heterocycles. The molecule has 0 aromatic carbocycles. The van der Waals surface area contributed by atoms with Gasteiger partial charge in [-0.25, -0.2) is 8.42 Å². The van der Waals surface area contributed by atoms with Crippen molar-refractivity contribution in [3.05, 3.63) is 22.4 Å². The Morgan fingerprint density at radius 1 is 1.42 bits per heavy atom. The van der Waals surface area contributed by atoms with E-state index in [4.69, 9.17) is 0 Å². The van der Waals surface area contributed by atoms with Gasteiger partial charge in [0.1, 0.15) is 9.84 Å². The molecule has 0 aliphatic rings. The van der Waals surface area contributed by atoms with Crippen LogP contribution in [0.25, 0.3) is 0 Å². The average Bonchev–Trinajstić information content (AvgIpc) is 2.97. The normalized spacial score (nSPS) is 14.0. The van der Waals surface area contributed by atoms with E-state index in [1.165, 1.54) is 11.1 Å². The fourth-order valence-electron chi connectivity index (χ4n) is 2.03. The maximum Gasteiger partial charge on any atom is 0.191 e. The minimum absolute atomic E-state index is 0. The van der Waals surface area contributed by atoms with Gasteiger partial charge in [-0.1, -0.05) is 19.9 Å². The average molecular weight is 487 g/mol. The van der Waals surface area contributed by atoms with Crippen LogP contribution in [0.3, 0.4) is 0 Å². The monoisotopic (exact) mass is 487 g/mol. The van der Waals surface area contributed by atoms with Crippen molar-refractivity contribution in [1.29, 1.82) is 0 Å².